The Hall–Kier alpha value is -3.68. The highest BCUT2D eigenvalue weighted by Crippen LogP contribution is 2.29. The number of carbonyl (C=O) groups excluding carboxylic acids is 3. The van der Waals surface area contributed by atoms with Crippen molar-refractivity contribution >= 4 is 29.9 Å². The maximum absolute atomic E-state index is 13.2. The lowest BCUT2D eigenvalue weighted by Crippen LogP contribution is -2.58. The molecule has 1 saturated carbocycles. The van der Waals surface area contributed by atoms with Crippen LogP contribution in [0.2, 0.25) is 0 Å². The van der Waals surface area contributed by atoms with Gasteiger partial charge in [0.25, 0.3) is 11.8 Å². The summed E-state index contributed by atoms with van der Waals surface area (Å²) in [6.07, 6.45) is 6.04. The van der Waals surface area contributed by atoms with Crippen LogP contribution in [0, 0.1) is 20.8 Å². The Balaban J connectivity index is 1.72. The van der Waals surface area contributed by atoms with Gasteiger partial charge >= 0.3 is 12.0 Å². The number of aromatic carboxylic acids is 1. The molecular formula is C25H27N3O5. The molecule has 172 valence electrons. The summed E-state index contributed by atoms with van der Waals surface area (Å²) in [4.78, 5) is 50.7. The maximum atomic E-state index is 13.2. The number of rotatable bonds is 4. The first-order valence-electron chi connectivity index (χ1n) is 11.1. The third kappa shape index (κ3) is 4.08. The van der Waals surface area contributed by atoms with E-state index < -0.39 is 23.8 Å². The van der Waals surface area contributed by atoms with E-state index in [0.717, 1.165) is 54.7 Å². The van der Waals surface area contributed by atoms with Gasteiger partial charge in [-0.1, -0.05) is 19.3 Å². The standard InChI is InChI=1S/C25H27N3O5/c1-14-11-17(24(31)32)9-10-21(14)27-15(2)12-18(16(27)3)13-20-22(29)26-25(33)28(23(20)30)19-7-5-4-6-8-19/h9-13,19H,4-8H2,1-3H3,(H,31,32)(H,26,29,33). The van der Waals surface area contributed by atoms with E-state index in [4.69, 9.17) is 0 Å². The average Bonchev–Trinajstić information content (AvgIpc) is 3.04. The number of amides is 4. The van der Waals surface area contributed by atoms with E-state index >= 15 is 0 Å². The van der Waals surface area contributed by atoms with Crippen LogP contribution in [0.15, 0.2) is 29.8 Å². The fourth-order valence-corrected chi connectivity index (χ4v) is 4.84. The Labute approximate surface area is 191 Å². The Bertz CT molecular complexity index is 1200. The molecule has 0 unspecified atom stereocenters. The highest BCUT2D eigenvalue weighted by Gasteiger charge is 2.40. The van der Waals surface area contributed by atoms with Crippen LogP contribution in [-0.2, 0) is 9.59 Å². The van der Waals surface area contributed by atoms with Crippen molar-refractivity contribution < 1.29 is 24.3 Å². The molecule has 1 saturated heterocycles. The second-order valence-electron chi connectivity index (χ2n) is 8.75. The van der Waals surface area contributed by atoms with E-state index in [0.29, 0.717) is 5.56 Å². The summed E-state index contributed by atoms with van der Waals surface area (Å²) in [5, 5.41) is 11.6. The molecule has 0 spiro atoms. The Kier molecular flexibility index (Phi) is 5.93. The molecule has 4 rings (SSSR count). The van der Waals surface area contributed by atoms with Crippen molar-refractivity contribution in [2.75, 3.05) is 0 Å². The molecule has 2 fully saturated rings. The van der Waals surface area contributed by atoms with Gasteiger partial charge in [0.05, 0.1) is 5.56 Å². The number of aromatic nitrogens is 1. The highest BCUT2D eigenvalue weighted by molar-refractivity contribution is 6.31. The Morgan fingerprint density at radius 3 is 2.39 bits per heavy atom. The van der Waals surface area contributed by atoms with E-state index in [-0.39, 0.29) is 17.2 Å². The summed E-state index contributed by atoms with van der Waals surface area (Å²) in [5.41, 5.74) is 4.11. The van der Waals surface area contributed by atoms with Crippen LogP contribution in [0.5, 0.6) is 0 Å². The smallest absolute Gasteiger partial charge is 0.335 e. The summed E-state index contributed by atoms with van der Waals surface area (Å²) < 4.78 is 1.96. The molecular weight excluding hydrogens is 422 g/mol. The zero-order valence-corrected chi connectivity index (χ0v) is 19.0. The van der Waals surface area contributed by atoms with E-state index in [1.54, 1.807) is 24.3 Å². The fourth-order valence-electron chi connectivity index (χ4n) is 4.84. The van der Waals surface area contributed by atoms with Gasteiger partial charge in [0.2, 0.25) is 0 Å². The molecule has 2 aromatic rings. The maximum Gasteiger partial charge on any atom is 0.335 e. The molecule has 2 heterocycles. The molecule has 8 nitrogen and oxygen atoms in total. The number of nitrogens with zero attached hydrogens (tertiary/aromatic N) is 2. The second-order valence-corrected chi connectivity index (χ2v) is 8.75. The van der Waals surface area contributed by atoms with Gasteiger partial charge in [-0.15, -0.1) is 0 Å². The van der Waals surface area contributed by atoms with Gasteiger partial charge in [-0.05, 0) is 75.1 Å². The molecule has 8 heteroatoms. The number of carbonyl (C=O) groups is 4. The zero-order valence-electron chi connectivity index (χ0n) is 19.0. The Morgan fingerprint density at radius 2 is 1.76 bits per heavy atom. The second kappa shape index (κ2) is 8.69. The van der Waals surface area contributed by atoms with Gasteiger partial charge in [-0.25, -0.2) is 9.59 Å². The van der Waals surface area contributed by atoms with Crippen LogP contribution >= 0.6 is 0 Å². The number of barbiturate groups is 1. The minimum Gasteiger partial charge on any atom is -0.478 e. The predicted octanol–water partition coefficient (Wildman–Crippen LogP) is 3.90. The molecule has 2 aliphatic rings. The number of carboxylic acids is 1. The lowest BCUT2D eigenvalue weighted by atomic mass is 9.93. The van der Waals surface area contributed by atoms with Crippen molar-refractivity contribution in [2.24, 2.45) is 0 Å². The molecule has 1 aliphatic carbocycles. The van der Waals surface area contributed by atoms with Crippen LogP contribution in [0.1, 0.15) is 65.0 Å². The van der Waals surface area contributed by atoms with E-state index in [9.17, 15) is 24.3 Å². The molecule has 1 aliphatic heterocycles. The molecule has 1 aromatic heterocycles. The van der Waals surface area contributed by atoms with Gasteiger partial charge in [-0.3, -0.25) is 19.8 Å². The number of hydrogen-bond acceptors (Lipinski definition) is 4. The monoisotopic (exact) mass is 449 g/mol. The molecule has 1 aromatic carbocycles. The third-order valence-corrected chi connectivity index (χ3v) is 6.53. The summed E-state index contributed by atoms with van der Waals surface area (Å²) in [6, 6.07) is 5.94. The summed E-state index contributed by atoms with van der Waals surface area (Å²) in [6.45, 7) is 5.62. The lowest BCUT2D eigenvalue weighted by Gasteiger charge is -2.35. The minimum absolute atomic E-state index is 0.0571. The number of urea groups is 1. The first-order chi connectivity index (χ1) is 15.7. The predicted molar refractivity (Wildman–Crippen MR) is 122 cm³/mol. The van der Waals surface area contributed by atoms with Crippen LogP contribution in [-0.4, -0.2) is 44.4 Å². The fraction of sp³-hybridized carbons (Fsp3) is 0.360. The molecule has 0 radical (unpaired) electrons. The molecule has 2 N–H and O–H groups in total. The van der Waals surface area contributed by atoms with E-state index in [2.05, 4.69) is 5.32 Å². The van der Waals surface area contributed by atoms with Crippen LogP contribution in [0.4, 0.5) is 4.79 Å². The van der Waals surface area contributed by atoms with Gasteiger partial charge in [0.1, 0.15) is 5.57 Å². The molecule has 0 atom stereocenters. The molecule has 0 bridgehead atoms. The van der Waals surface area contributed by atoms with Crippen molar-refractivity contribution in [3.8, 4) is 5.69 Å². The van der Waals surface area contributed by atoms with Gasteiger partial charge < -0.3 is 9.67 Å². The normalized spacial score (nSPS) is 18.7. The number of hydrogen-bond donors (Lipinski definition) is 2. The SMILES string of the molecule is Cc1cc(C(=O)O)ccc1-n1c(C)cc(C=C2C(=O)NC(=O)N(C3CCCCC3)C2=O)c1C. The topological polar surface area (TPSA) is 109 Å². The number of carboxylic acid groups (broad SMARTS) is 1. The van der Waals surface area contributed by atoms with Gasteiger partial charge in [0, 0.05) is 23.1 Å². The van der Waals surface area contributed by atoms with Crippen LogP contribution in [0.3, 0.4) is 0 Å². The number of aryl methyl sites for hydroxylation is 2. The highest BCUT2D eigenvalue weighted by atomic mass is 16.4. The van der Waals surface area contributed by atoms with Gasteiger partial charge in [0.15, 0.2) is 0 Å². The average molecular weight is 450 g/mol. The molecule has 33 heavy (non-hydrogen) atoms. The summed E-state index contributed by atoms with van der Waals surface area (Å²) >= 11 is 0. The zero-order chi connectivity index (χ0) is 23.9. The van der Waals surface area contributed by atoms with E-state index in [1.165, 1.54) is 4.90 Å². The van der Waals surface area contributed by atoms with Crippen molar-refractivity contribution in [2.45, 2.75) is 58.9 Å². The van der Waals surface area contributed by atoms with Gasteiger partial charge in [-0.2, -0.15) is 0 Å². The van der Waals surface area contributed by atoms with Crippen molar-refractivity contribution in [1.82, 2.24) is 14.8 Å². The number of nitrogens with one attached hydrogen (secondary N) is 1. The third-order valence-electron chi connectivity index (χ3n) is 6.53. The Morgan fingerprint density at radius 1 is 1.06 bits per heavy atom. The summed E-state index contributed by atoms with van der Waals surface area (Å²) in [5.74, 6) is -2.23. The lowest BCUT2D eigenvalue weighted by molar-refractivity contribution is -0.132. The van der Waals surface area contributed by atoms with Crippen LogP contribution in [0.25, 0.3) is 11.8 Å². The van der Waals surface area contributed by atoms with Crippen molar-refractivity contribution in [3.63, 3.8) is 0 Å². The number of benzene rings is 1. The van der Waals surface area contributed by atoms with Crippen LogP contribution < -0.4 is 5.32 Å². The summed E-state index contributed by atoms with van der Waals surface area (Å²) in [7, 11) is 0. The first kappa shape index (κ1) is 22.5. The van der Waals surface area contributed by atoms with E-state index in [1.807, 2.05) is 31.4 Å². The quantitative estimate of drug-likeness (QED) is 0.544. The van der Waals surface area contributed by atoms with Crippen molar-refractivity contribution in [1.29, 1.82) is 0 Å². The largest absolute Gasteiger partial charge is 0.478 e. The molecule has 4 amide bonds. The minimum atomic E-state index is -0.991. The number of imide groups is 2. The first-order valence-corrected chi connectivity index (χ1v) is 11.1. The van der Waals surface area contributed by atoms with Crippen molar-refractivity contribution in [3.05, 3.63) is 57.9 Å².